The molecule has 1 aliphatic heterocycles. The number of carbonyl (C=O) groups excluding carboxylic acids is 2. The minimum absolute atomic E-state index is 0.0417. The number of aromatic nitrogens is 2. The second-order valence-electron chi connectivity index (χ2n) is 9.24. The molecular formula is C27H33BrN4O2. The van der Waals surface area contributed by atoms with Gasteiger partial charge >= 0.3 is 0 Å². The molecule has 0 bridgehead atoms. The number of halogens is 1. The first-order valence-corrected chi connectivity index (χ1v) is 13.1. The van der Waals surface area contributed by atoms with Crippen LogP contribution in [0.15, 0.2) is 53.0 Å². The summed E-state index contributed by atoms with van der Waals surface area (Å²) in [6, 6.07) is 15.4. The lowest BCUT2D eigenvalue weighted by molar-refractivity contribution is -0.133. The van der Waals surface area contributed by atoms with E-state index in [1.54, 1.807) is 0 Å². The van der Waals surface area contributed by atoms with Gasteiger partial charge in [-0.15, -0.1) is 0 Å². The summed E-state index contributed by atoms with van der Waals surface area (Å²) in [5.41, 5.74) is 2.64. The lowest BCUT2D eigenvalue weighted by atomic mass is 9.99. The molecular weight excluding hydrogens is 492 g/mol. The number of rotatable bonds is 9. The van der Waals surface area contributed by atoms with Crippen LogP contribution in [0.1, 0.15) is 55.2 Å². The van der Waals surface area contributed by atoms with Gasteiger partial charge in [-0.1, -0.05) is 41.4 Å². The Balaban J connectivity index is 1.29. The Labute approximate surface area is 209 Å². The number of piperidine rings is 1. The zero-order valence-corrected chi connectivity index (χ0v) is 21.4. The summed E-state index contributed by atoms with van der Waals surface area (Å²) in [5, 5.41) is 2.99. The van der Waals surface area contributed by atoms with Gasteiger partial charge < -0.3 is 14.8 Å². The summed E-state index contributed by atoms with van der Waals surface area (Å²) in [4.78, 5) is 32.1. The van der Waals surface area contributed by atoms with Gasteiger partial charge in [0.2, 0.25) is 5.91 Å². The Morgan fingerprint density at radius 2 is 1.76 bits per heavy atom. The third kappa shape index (κ3) is 6.26. The van der Waals surface area contributed by atoms with E-state index in [0.29, 0.717) is 24.6 Å². The number of benzene rings is 2. The Morgan fingerprint density at radius 3 is 2.53 bits per heavy atom. The van der Waals surface area contributed by atoms with Gasteiger partial charge in [-0.05, 0) is 68.0 Å². The smallest absolute Gasteiger partial charge is 0.251 e. The maximum Gasteiger partial charge on any atom is 0.251 e. The second-order valence-corrected chi connectivity index (χ2v) is 10.2. The SMILES string of the molecule is CC1CCN(C(=O)Cn2c(CCCCCNC(=O)c3ccc(Br)cc3)nc3ccccc32)CC1. The molecule has 0 spiro atoms. The van der Waals surface area contributed by atoms with Crippen molar-refractivity contribution in [3.05, 3.63) is 64.4 Å². The molecule has 0 radical (unpaired) electrons. The molecule has 1 N–H and O–H groups in total. The van der Waals surface area contributed by atoms with Crippen LogP contribution in [0.5, 0.6) is 0 Å². The minimum atomic E-state index is -0.0417. The van der Waals surface area contributed by atoms with Crippen molar-refractivity contribution in [3.8, 4) is 0 Å². The molecule has 3 aromatic rings. The number of aryl methyl sites for hydroxylation is 1. The Morgan fingerprint density at radius 1 is 1.03 bits per heavy atom. The van der Waals surface area contributed by atoms with Crippen LogP contribution < -0.4 is 5.32 Å². The van der Waals surface area contributed by atoms with Crippen LogP contribution in [0.25, 0.3) is 11.0 Å². The predicted octanol–water partition coefficient (Wildman–Crippen LogP) is 5.20. The van der Waals surface area contributed by atoms with Gasteiger partial charge in [0.05, 0.1) is 11.0 Å². The van der Waals surface area contributed by atoms with Crippen molar-refractivity contribution >= 4 is 38.8 Å². The Bertz CT molecular complexity index is 1120. The van der Waals surface area contributed by atoms with Gasteiger partial charge in [0.15, 0.2) is 0 Å². The van der Waals surface area contributed by atoms with Crippen molar-refractivity contribution in [2.24, 2.45) is 5.92 Å². The van der Waals surface area contributed by atoms with E-state index >= 15 is 0 Å². The molecule has 6 nitrogen and oxygen atoms in total. The average Bonchev–Trinajstić information content (AvgIpc) is 3.19. The van der Waals surface area contributed by atoms with Crippen molar-refractivity contribution in [1.82, 2.24) is 19.8 Å². The molecule has 180 valence electrons. The molecule has 0 saturated carbocycles. The summed E-state index contributed by atoms with van der Waals surface area (Å²) in [7, 11) is 0. The first-order valence-electron chi connectivity index (χ1n) is 12.3. The summed E-state index contributed by atoms with van der Waals surface area (Å²) >= 11 is 3.39. The molecule has 1 aliphatic rings. The molecule has 1 saturated heterocycles. The fourth-order valence-corrected chi connectivity index (χ4v) is 4.74. The normalized spacial score (nSPS) is 14.5. The number of likely N-dealkylation sites (tertiary alicyclic amines) is 1. The molecule has 0 aliphatic carbocycles. The fraction of sp³-hybridized carbons (Fsp3) is 0.444. The molecule has 2 heterocycles. The van der Waals surface area contributed by atoms with Crippen molar-refractivity contribution < 1.29 is 9.59 Å². The monoisotopic (exact) mass is 524 g/mol. The zero-order chi connectivity index (χ0) is 23.9. The van der Waals surface area contributed by atoms with Crippen LogP contribution in [0.2, 0.25) is 0 Å². The van der Waals surface area contributed by atoms with Gasteiger partial charge in [0, 0.05) is 36.1 Å². The first kappa shape index (κ1) is 24.5. The van der Waals surface area contributed by atoms with Crippen LogP contribution >= 0.6 is 15.9 Å². The van der Waals surface area contributed by atoms with E-state index in [1.165, 1.54) is 0 Å². The van der Waals surface area contributed by atoms with Crippen LogP contribution in [-0.4, -0.2) is 45.9 Å². The molecule has 34 heavy (non-hydrogen) atoms. The van der Waals surface area contributed by atoms with Gasteiger partial charge in [-0.25, -0.2) is 4.98 Å². The quantitative estimate of drug-likeness (QED) is 0.391. The third-order valence-electron chi connectivity index (χ3n) is 6.63. The summed E-state index contributed by atoms with van der Waals surface area (Å²) < 4.78 is 3.06. The van der Waals surface area contributed by atoms with Gasteiger partial charge in [-0.2, -0.15) is 0 Å². The standard InChI is InChI=1S/C27H33BrN4O2/c1-20-14-17-31(18-15-20)26(33)19-32-24-8-5-4-7-23(24)30-25(32)9-3-2-6-16-29-27(34)21-10-12-22(28)13-11-21/h4-5,7-8,10-13,20H,2-3,6,9,14-19H2,1H3,(H,29,34). The zero-order valence-electron chi connectivity index (χ0n) is 19.8. The number of carbonyl (C=O) groups is 2. The number of nitrogens with zero attached hydrogens (tertiary/aromatic N) is 3. The van der Waals surface area contributed by atoms with E-state index in [1.807, 2.05) is 47.4 Å². The van der Waals surface area contributed by atoms with Crippen molar-refractivity contribution in [2.75, 3.05) is 19.6 Å². The van der Waals surface area contributed by atoms with E-state index in [0.717, 1.165) is 72.9 Å². The first-order chi connectivity index (χ1) is 16.5. The number of unbranched alkanes of at least 4 members (excludes halogenated alkanes) is 2. The average molecular weight is 525 g/mol. The number of nitrogens with one attached hydrogen (secondary N) is 1. The minimum Gasteiger partial charge on any atom is -0.352 e. The molecule has 1 fully saturated rings. The molecule has 0 unspecified atom stereocenters. The summed E-state index contributed by atoms with van der Waals surface area (Å²) in [5.74, 6) is 1.82. The number of imidazole rings is 1. The van der Waals surface area contributed by atoms with Crippen LogP contribution in [0, 0.1) is 5.92 Å². The number of amides is 2. The maximum atomic E-state index is 13.0. The maximum absolute atomic E-state index is 13.0. The van der Waals surface area contributed by atoms with Crippen LogP contribution in [-0.2, 0) is 17.8 Å². The Kier molecular flexibility index (Phi) is 8.38. The molecule has 7 heteroatoms. The number of fused-ring (bicyclic) bond motifs is 1. The number of hydrogen-bond donors (Lipinski definition) is 1. The van der Waals surface area contributed by atoms with Gasteiger partial charge in [-0.3, -0.25) is 9.59 Å². The molecule has 2 amide bonds. The van der Waals surface area contributed by atoms with E-state index in [-0.39, 0.29) is 11.8 Å². The summed E-state index contributed by atoms with van der Waals surface area (Å²) in [6.45, 7) is 4.97. The van der Waals surface area contributed by atoms with Crippen molar-refractivity contribution in [1.29, 1.82) is 0 Å². The highest BCUT2D eigenvalue weighted by molar-refractivity contribution is 9.10. The van der Waals surface area contributed by atoms with Crippen LogP contribution in [0.3, 0.4) is 0 Å². The predicted molar refractivity (Wildman–Crippen MR) is 139 cm³/mol. The topological polar surface area (TPSA) is 67.2 Å². The summed E-state index contributed by atoms with van der Waals surface area (Å²) in [6.07, 6.45) is 5.85. The molecule has 1 aromatic heterocycles. The van der Waals surface area contributed by atoms with E-state index in [4.69, 9.17) is 4.98 Å². The lowest BCUT2D eigenvalue weighted by Gasteiger charge is -2.30. The molecule has 4 rings (SSSR count). The molecule has 0 atom stereocenters. The highest BCUT2D eigenvalue weighted by Gasteiger charge is 2.22. The fourth-order valence-electron chi connectivity index (χ4n) is 4.48. The lowest BCUT2D eigenvalue weighted by Crippen LogP contribution is -2.39. The largest absolute Gasteiger partial charge is 0.352 e. The van der Waals surface area contributed by atoms with Crippen molar-refractivity contribution in [3.63, 3.8) is 0 Å². The highest BCUT2D eigenvalue weighted by Crippen LogP contribution is 2.20. The second kappa shape index (κ2) is 11.6. The van der Waals surface area contributed by atoms with E-state index in [2.05, 4.69) is 38.8 Å². The van der Waals surface area contributed by atoms with Crippen molar-refractivity contribution in [2.45, 2.75) is 52.0 Å². The number of para-hydroxylation sites is 2. The number of hydrogen-bond acceptors (Lipinski definition) is 3. The third-order valence-corrected chi connectivity index (χ3v) is 7.16. The van der Waals surface area contributed by atoms with E-state index < -0.39 is 0 Å². The van der Waals surface area contributed by atoms with Gasteiger partial charge in [0.25, 0.3) is 5.91 Å². The van der Waals surface area contributed by atoms with Gasteiger partial charge in [0.1, 0.15) is 12.4 Å². The van der Waals surface area contributed by atoms with Crippen LogP contribution in [0.4, 0.5) is 0 Å². The van der Waals surface area contributed by atoms with E-state index in [9.17, 15) is 9.59 Å². The molecule has 2 aromatic carbocycles. The Hall–Kier alpha value is -2.67. The highest BCUT2D eigenvalue weighted by atomic mass is 79.9.